The summed E-state index contributed by atoms with van der Waals surface area (Å²) in [6.07, 6.45) is 0. The van der Waals surface area contributed by atoms with Gasteiger partial charge in [-0.3, -0.25) is 13.9 Å². The maximum absolute atomic E-state index is 11.9. The van der Waals surface area contributed by atoms with Crippen LogP contribution in [0.15, 0.2) is 24.3 Å². The van der Waals surface area contributed by atoms with Gasteiger partial charge in [0.1, 0.15) is 0 Å². The predicted octanol–water partition coefficient (Wildman–Crippen LogP) is 1.59. The van der Waals surface area contributed by atoms with Gasteiger partial charge in [-0.2, -0.15) is 0 Å². The number of benzene rings is 1. The summed E-state index contributed by atoms with van der Waals surface area (Å²) in [6.45, 7) is 1.89. The van der Waals surface area contributed by atoms with Crippen LogP contribution in [-0.4, -0.2) is 46.0 Å². The van der Waals surface area contributed by atoms with E-state index >= 15 is 0 Å². The minimum absolute atomic E-state index is 0.0920. The molecule has 1 aromatic carbocycles. The van der Waals surface area contributed by atoms with Crippen molar-refractivity contribution >= 4 is 28.2 Å². The first kappa shape index (κ1) is 12.7. The van der Waals surface area contributed by atoms with Gasteiger partial charge in [-0.05, 0) is 24.3 Å². The zero-order valence-electron chi connectivity index (χ0n) is 9.39. The van der Waals surface area contributed by atoms with Crippen molar-refractivity contribution in [1.29, 1.82) is 0 Å². The Balaban J connectivity index is 1.93. The summed E-state index contributed by atoms with van der Waals surface area (Å²) >= 11 is 5.77. The SMILES string of the molecule is O=C(CN1CCS(=O)CC1)c1ccc(Cl)cc1. The minimum Gasteiger partial charge on any atom is -0.294 e. The van der Waals surface area contributed by atoms with E-state index in [1.807, 2.05) is 0 Å². The number of nitrogens with zero attached hydrogens (tertiary/aromatic N) is 1. The Morgan fingerprint density at radius 3 is 2.41 bits per heavy atom. The van der Waals surface area contributed by atoms with Gasteiger partial charge in [-0.1, -0.05) is 11.6 Å². The van der Waals surface area contributed by atoms with Crippen molar-refractivity contribution in [3.63, 3.8) is 0 Å². The summed E-state index contributed by atoms with van der Waals surface area (Å²) in [4.78, 5) is 14.0. The lowest BCUT2D eigenvalue weighted by atomic mass is 10.1. The number of hydrogen-bond acceptors (Lipinski definition) is 3. The maximum atomic E-state index is 11.9. The Labute approximate surface area is 108 Å². The third kappa shape index (κ3) is 3.63. The molecule has 92 valence electrons. The van der Waals surface area contributed by atoms with Crippen LogP contribution in [0.5, 0.6) is 0 Å². The standard InChI is InChI=1S/C12H14ClNO2S/c13-11-3-1-10(2-4-11)12(15)9-14-5-7-17(16)8-6-14/h1-4H,5-9H2. The summed E-state index contributed by atoms with van der Waals surface area (Å²) in [5.41, 5.74) is 0.682. The fourth-order valence-corrected chi connectivity index (χ4v) is 3.02. The van der Waals surface area contributed by atoms with Gasteiger partial charge in [-0.15, -0.1) is 0 Å². The van der Waals surface area contributed by atoms with E-state index in [1.54, 1.807) is 24.3 Å². The van der Waals surface area contributed by atoms with E-state index < -0.39 is 10.8 Å². The minimum atomic E-state index is -0.694. The second-order valence-corrected chi connectivity index (χ2v) is 6.19. The van der Waals surface area contributed by atoms with Crippen molar-refractivity contribution in [3.05, 3.63) is 34.9 Å². The van der Waals surface area contributed by atoms with Gasteiger partial charge in [-0.25, -0.2) is 0 Å². The van der Waals surface area contributed by atoms with Crippen molar-refractivity contribution in [1.82, 2.24) is 4.90 Å². The summed E-state index contributed by atoms with van der Waals surface area (Å²) in [6, 6.07) is 6.93. The van der Waals surface area contributed by atoms with Gasteiger partial charge in [0, 0.05) is 46.0 Å². The lowest BCUT2D eigenvalue weighted by Crippen LogP contribution is -2.40. The number of halogens is 1. The first-order chi connectivity index (χ1) is 8.15. The van der Waals surface area contributed by atoms with Gasteiger partial charge in [0.05, 0.1) is 6.54 Å². The Bertz CT molecular complexity index is 423. The van der Waals surface area contributed by atoms with E-state index in [0.29, 0.717) is 28.6 Å². The van der Waals surface area contributed by atoms with E-state index in [4.69, 9.17) is 11.6 Å². The fourth-order valence-electron chi connectivity index (χ4n) is 1.76. The van der Waals surface area contributed by atoms with Gasteiger partial charge in [0.15, 0.2) is 5.78 Å². The molecular weight excluding hydrogens is 258 g/mol. The molecule has 0 amide bonds. The number of ketones is 1. The lowest BCUT2D eigenvalue weighted by Gasteiger charge is -2.25. The Kier molecular flexibility index (Phi) is 4.31. The molecule has 1 aromatic rings. The Hall–Kier alpha value is -0.710. The van der Waals surface area contributed by atoms with Crippen LogP contribution in [0.2, 0.25) is 5.02 Å². The highest BCUT2D eigenvalue weighted by atomic mass is 35.5. The molecule has 0 aromatic heterocycles. The van der Waals surface area contributed by atoms with Crippen molar-refractivity contribution in [2.24, 2.45) is 0 Å². The quantitative estimate of drug-likeness (QED) is 0.784. The highest BCUT2D eigenvalue weighted by Gasteiger charge is 2.18. The number of Topliss-reactive ketones (excluding diaryl/α,β-unsaturated/α-hetero) is 1. The molecule has 0 N–H and O–H groups in total. The zero-order chi connectivity index (χ0) is 12.3. The topological polar surface area (TPSA) is 37.4 Å². The molecule has 5 heteroatoms. The van der Waals surface area contributed by atoms with Crippen LogP contribution in [0.4, 0.5) is 0 Å². The molecule has 0 aliphatic carbocycles. The fraction of sp³-hybridized carbons (Fsp3) is 0.417. The van der Waals surface area contributed by atoms with Crippen molar-refractivity contribution < 1.29 is 9.00 Å². The van der Waals surface area contributed by atoms with Crippen molar-refractivity contribution in [2.45, 2.75) is 0 Å². The predicted molar refractivity (Wildman–Crippen MR) is 70.1 cm³/mol. The summed E-state index contributed by atoms with van der Waals surface area (Å²) in [5, 5.41) is 0.634. The molecule has 0 spiro atoms. The molecule has 0 bridgehead atoms. The monoisotopic (exact) mass is 271 g/mol. The molecule has 1 heterocycles. The van der Waals surface area contributed by atoms with E-state index in [0.717, 1.165) is 13.1 Å². The highest BCUT2D eigenvalue weighted by molar-refractivity contribution is 7.85. The van der Waals surface area contributed by atoms with Crippen LogP contribution >= 0.6 is 11.6 Å². The van der Waals surface area contributed by atoms with Crippen LogP contribution in [0.1, 0.15) is 10.4 Å². The Morgan fingerprint density at radius 2 is 1.82 bits per heavy atom. The molecule has 3 nitrogen and oxygen atoms in total. The second-order valence-electron chi connectivity index (χ2n) is 4.05. The normalized spacial score (nSPS) is 18.2. The number of rotatable bonds is 3. The first-order valence-corrected chi connectivity index (χ1v) is 7.38. The smallest absolute Gasteiger partial charge is 0.176 e. The van der Waals surface area contributed by atoms with Gasteiger partial charge in [0.25, 0.3) is 0 Å². The molecule has 0 radical (unpaired) electrons. The highest BCUT2D eigenvalue weighted by Crippen LogP contribution is 2.11. The van der Waals surface area contributed by atoms with E-state index in [1.165, 1.54) is 0 Å². The van der Waals surface area contributed by atoms with Crippen LogP contribution in [-0.2, 0) is 10.8 Å². The summed E-state index contributed by atoms with van der Waals surface area (Å²) in [5.74, 6) is 1.44. The van der Waals surface area contributed by atoms with E-state index in [2.05, 4.69) is 4.90 Å². The average Bonchev–Trinajstić information content (AvgIpc) is 2.33. The Morgan fingerprint density at radius 1 is 1.24 bits per heavy atom. The third-order valence-electron chi connectivity index (χ3n) is 2.80. The van der Waals surface area contributed by atoms with E-state index in [9.17, 15) is 9.00 Å². The van der Waals surface area contributed by atoms with Gasteiger partial charge in [0.2, 0.25) is 0 Å². The molecule has 17 heavy (non-hydrogen) atoms. The molecule has 0 saturated carbocycles. The zero-order valence-corrected chi connectivity index (χ0v) is 11.0. The first-order valence-electron chi connectivity index (χ1n) is 5.51. The molecular formula is C12H14ClNO2S. The number of carbonyl (C=O) groups excluding carboxylic acids is 1. The molecule has 1 aliphatic rings. The molecule has 0 unspecified atom stereocenters. The van der Waals surface area contributed by atoms with Crippen molar-refractivity contribution in [2.75, 3.05) is 31.1 Å². The van der Waals surface area contributed by atoms with Gasteiger partial charge >= 0.3 is 0 Å². The van der Waals surface area contributed by atoms with Crippen LogP contribution in [0.25, 0.3) is 0 Å². The van der Waals surface area contributed by atoms with Crippen LogP contribution in [0, 0.1) is 0 Å². The molecule has 1 saturated heterocycles. The average molecular weight is 272 g/mol. The summed E-state index contributed by atoms with van der Waals surface area (Å²) < 4.78 is 11.2. The summed E-state index contributed by atoms with van der Waals surface area (Å²) in [7, 11) is -0.694. The van der Waals surface area contributed by atoms with E-state index in [-0.39, 0.29) is 5.78 Å². The lowest BCUT2D eigenvalue weighted by molar-refractivity contribution is 0.0936. The number of carbonyl (C=O) groups is 1. The molecule has 1 aliphatic heterocycles. The van der Waals surface area contributed by atoms with Crippen LogP contribution in [0.3, 0.4) is 0 Å². The second kappa shape index (κ2) is 5.76. The third-order valence-corrected chi connectivity index (χ3v) is 4.33. The van der Waals surface area contributed by atoms with Crippen molar-refractivity contribution in [3.8, 4) is 0 Å². The van der Waals surface area contributed by atoms with Crippen LogP contribution < -0.4 is 0 Å². The molecule has 0 atom stereocenters. The molecule has 1 fully saturated rings. The molecule has 2 rings (SSSR count). The maximum Gasteiger partial charge on any atom is 0.176 e. The largest absolute Gasteiger partial charge is 0.294 e. The number of hydrogen-bond donors (Lipinski definition) is 0. The van der Waals surface area contributed by atoms with Gasteiger partial charge < -0.3 is 0 Å².